The molecule has 1 aromatic heterocycles. The van der Waals surface area contributed by atoms with Crippen molar-refractivity contribution < 1.29 is 4.79 Å². The number of carbonyl (C=O) groups is 1. The van der Waals surface area contributed by atoms with Crippen molar-refractivity contribution in [1.29, 1.82) is 0 Å². The summed E-state index contributed by atoms with van der Waals surface area (Å²) < 4.78 is 0. The Hall–Kier alpha value is -1.68. The first-order chi connectivity index (χ1) is 9.95. The number of rotatable bonds is 2. The summed E-state index contributed by atoms with van der Waals surface area (Å²) in [6, 6.07) is 7.88. The van der Waals surface area contributed by atoms with Gasteiger partial charge in [-0.3, -0.25) is 4.79 Å². The number of fused-ring (bicyclic) bond motifs is 1. The standard InChI is InChI=1S/C17H20N2OS/c1-17(2,3)15-11-21-16(18-15)10-19-9-8-14(20)12-6-4-5-7-13(12)19/h4-7,11H,8-10H2,1-3H3. The molecule has 0 amide bonds. The van der Waals surface area contributed by atoms with Gasteiger partial charge >= 0.3 is 0 Å². The molecule has 0 unspecified atom stereocenters. The van der Waals surface area contributed by atoms with E-state index >= 15 is 0 Å². The maximum atomic E-state index is 12.0. The van der Waals surface area contributed by atoms with E-state index in [0.717, 1.165) is 35.0 Å². The molecule has 3 rings (SSSR count). The third-order valence-corrected chi connectivity index (χ3v) is 4.63. The number of carbonyl (C=O) groups excluding carboxylic acids is 1. The van der Waals surface area contributed by atoms with Crippen LogP contribution in [0.4, 0.5) is 5.69 Å². The second kappa shape index (κ2) is 5.26. The highest BCUT2D eigenvalue weighted by atomic mass is 32.1. The van der Waals surface area contributed by atoms with Gasteiger partial charge in [-0.2, -0.15) is 0 Å². The lowest BCUT2D eigenvalue weighted by molar-refractivity contribution is 0.0979. The molecular weight excluding hydrogens is 280 g/mol. The molecule has 0 aliphatic carbocycles. The Kier molecular flexibility index (Phi) is 3.57. The number of hydrogen-bond donors (Lipinski definition) is 0. The van der Waals surface area contributed by atoms with E-state index in [9.17, 15) is 4.79 Å². The first-order valence-corrected chi connectivity index (χ1v) is 8.15. The molecule has 0 N–H and O–H groups in total. The molecule has 21 heavy (non-hydrogen) atoms. The predicted octanol–water partition coefficient (Wildman–Crippen LogP) is 4.03. The summed E-state index contributed by atoms with van der Waals surface area (Å²) in [6.07, 6.45) is 0.592. The summed E-state index contributed by atoms with van der Waals surface area (Å²) in [5, 5.41) is 3.26. The van der Waals surface area contributed by atoms with Gasteiger partial charge in [0.05, 0.1) is 12.2 Å². The number of hydrogen-bond acceptors (Lipinski definition) is 4. The monoisotopic (exact) mass is 300 g/mol. The number of aromatic nitrogens is 1. The topological polar surface area (TPSA) is 33.2 Å². The lowest BCUT2D eigenvalue weighted by atomic mass is 9.93. The molecule has 1 aliphatic rings. The fraction of sp³-hybridized carbons (Fsp3) is 0.412. The molecule has 110 valence electrons. The van der Waals surface area contributed by atoms with Gasteiger partial charge in [-0.05, 0) is 12.1 Å². The highest BCUT2D eigenvalue weighted by Crippen LogP contribution is 2.30. The van der Waals surface area contributed by atoms with Gasteiger partial charge in [0.2, 0.25) is 0 Å². The van der Waals surface area contributed by atoms with Crippen molar-refractivity contribution in [3.05, 3.63) is 45.9 Å². The Balaban J connectivity index is 1.85. The Bertz CT molecular complexity index is 669. The van der Waals surface area contributed by atoms with Crippen molar-refractivity contribution in [2.45, 2.75) is 39.2 Å². The zero-order valence-corrected chi connectivity index (χ0v) is 13.5. The number of ketones is 1. The first kappa shape index (κ1) is 14.3. The predicted molar refractivity (Wildman–Crippen MR) is 87.3 cm³/mol. The number of nitrogens with zero attached hydrogens (tertiary/aromatic N) is 2. The van der Waals surface area contributed by atoms with E-state index in [-0.39, 0.29) is 11.2 Å². The van der Waals surface area contributed by atoms with Crippen molar-refractivity contribution in [2.75, 3.05) is 11.4 Å². The molecule has 0 bridgehead atoms. The van der Waals surface area contributed by atoms with Crippen LogP contribution >= 0.6 is 11.3 Å². The minimum atomic E-state index is 0.0878. The van der Waals surface area contributed by atoms with Gasteiger partial charge in [-0.15, -0.1) is 11.3 Å². The second-order valence-corrected chi connectivity index (χ2v) is 7.43. The molecule has 0 saturated heterocycles. The molecule has 1 aliphatic heterocycles. The number of benzene rings is 1. The normalized spacial score (nSPS) is 15.2. The highest BCUT2D eigenvalue weighted by Gasteiger charge is 2.24. The van der Waals surface area contributed by atoms with Crippen molar-refractivity contribution >= 4 is 22.8 Å². The minimum Gasteiger partial charge on any atom is -0.364 e. The number of Topliss-reactive ketones (excluding diaryl/α,β-unsaturated/α-hetero) is 1. The molecule has 4 heteroatoms. The van der Waals surface area contributed by atoms with Gasteiger partial charge in [0.25, 0.3) is 0 Å². The fourth-order valence-electron chi connectivity index (χ4n) is 2.53. The molecule has 1 aromatic carbocycles. The van der Waals surface area contributed by atoms with Crippen molar-refractivity contribution in [3.63, 3.8) is 0 Å². The zero-order valence-electron chi connectivity index (χ0n) is 12.7. The molecule has 2 aromatic rings. The first-order valence-electron chi connectivity index (χ1n) is 7.27. The van der Waals surface area contributed by atoms with Crippen molar-refractivity contribution in [1.82, 2.24) is 4.98 Å². The molecule has 0 saturated carbocycles. The van der Waals surface area contributed by atoms with Crippen LogP contribution in [0.5, 0.6) is 0 Å². The average molecular weight is 300 g/mol. The summed E-state index contributed by atoms with van der Waals surface area (Å²) >= 11 is 1.71. The largest absolute Gasteiger partial charge is 0.364 e. The summed E-state index contributed by atoms with van der Waals surface area (Å²) in [6.45, 7) is 8.10. The molecular formula is C17H20N2OS. The molecule has 0 atom stereocenters. The van der Waals surface area contributed by atoms with Gasteiger partial charge in [0, 0.05) is 35.0 Å². The number of para-hydroxylation sites is 1. The summed E-state index contributed by atoms with van der Waals surface area (Å²) in [5.74, 6) is 0.247. The van der Waals surface area contributed by atoms with Crippen LogP contribution in [0.25, 0.3) is 0 Å². The summed E-state index contributed by atoms with van der Waals surface area (Å²) in [7, 11) is 0. The van der Waals surface area contributed by atoms with Crippen LogP contribution in [0.1, 0.15) is 48.3 Å². The minimum absolute atomic E-state index is 0.0878. The van der Waals surface area contributed by atoms with Crippen LogP contribution in [0, 0.1) is 0 Å². The molecule has 0 radical (unpaired) electrons. The van der Waals surface area contributed by atoms with Gasteiger partial charge in [-0.1, -0.05) is 32.9 Å². The Labute approximate surface area is 129 Å². The zero-order chi connectivity index (χ0) is 15.0. The van der Waals surface area contributed by atoms with Crippen LogP contribution in [0.2, 0.25) is 0 Å². The summed E-state index contributed by atoms with van der Waals surface area (Å²) in [4.78, 5) is 19.0. The fourth-order valence-corrected chi connectivity index (χ4v) is 3.57. The van der Waals surface area contributed by atoms with Crippen LogP contribution in [-0.2, 0) is 12.0 Å². The molecule has 3 nitrogen and oxygen atoms in total. The van der Waals surface area contributed by atoms with Gasteiger partial charge < -0.3 is 4.90 Å². The van der Waals surface area contributed by atoms with E-state index in [2.05, 4.69) is 31.1 Å². The van der Waals surface area contributed by atoms with E-state index in [4.69, 9.17) is 4.98 Å². The maximum Gasteiger partial charge on any atom is 0.166 e. The van der Waals surface area contributed by atoms with Crippen LogP contribution in [0.3, 0.4) is 0 Å². The quantitative estimate of drug-likeness (QED) is 0.839. The lowest BCUT2D eigenvalue weighted by Crippen LogP contribution is -2.31. The number of thiazole rings is 1. The van der Waals surface area contributed by atoms with Crippen LogP contribution in [-0.4, -0.2) is 17.3 Å². The van der Waals surface area contributed by atoms with E-state index in [0.29, 0.717) is 6.42 Å². The van der Waals surface area contributed by atoms with Crippen molar-refractivity contribution in [3.8, 4) is 0 Å². The highest BCUT2D eigenvalue weighted by molar-refractivity contribution is 7.09. The third kappa shape index (κ3) is 2.86. The molecule has 2 heterocycles. The average Bonchev–Trinajstić information content (AvgIpc) is 2.91. The lowest BCUT2D eigenvalue weighted by Gasteiger charge is -2.29. The summed E-state index contributed by atoms with van der Waals surface area (Å²) in [5.41, 5.74) is 3.12. The SMILES string of the molecule is CC(C)(C)c1csc(CN2CCC(=O)c3ccccc32)n1. The van der Waals surface area contributed by atoms with Gasteiger partial charge in [0.1, 0.15) is 5.01 Å². The van der Waals surface area contributed by atoms with Crippen molar-refractivity contribution in [2.24, 2.45) is 0 Å². The van der Waals surface area contributed by atoms with E-state index in [1.807, 2.05) is 24.3 Å². The number of anilines is 1. The van der Waals surface area contributed by atoms with E-state index in [1.165, 1.54) is 0 Å². The van der Waals surface area contributed by atoms with Crippen LogP contribution in [0.15, 0.2) is 29.6 Å². The van der Waals surface area contributed by atoms with Gasteiger partial charge in [0.15, 0.2) is 5.78 Å². The van der Waals surface area contributed by atoms with Crippen LogP contribution < -0.4 is 4.90 Å². The van der Waals surface area contributed by atoms with E-state index < -0.39 is 0 Å². The van der Waals surface area contributed by atoms with Gasteiger partial charge in [-0.25, -0.2) is 4.98 Å². The Morgan fingerprint density at radius 1 is 1.29 bits per heavy atom. The molecule has 0 fully saturated rings. The maximum absolute atomic E-state index is 12.0. The Morgan fingerprint density at radius 2 is 2.05 bits per heavy atom. The molecule has 0 spiro atoms. The second-order valence-electron chi connectivity index (χ2n) is 6.49. The third-order valence-electron chi connectivity index (χ3n) is 3.80. The smallest absolute Gasteiger partial charge is 0.166 e. The Morgan fingerprint density at radius 3 is 2.76 bits per heavy atom. The van der Waals surface area contributed by atoms with E-state index in [1.54, 1.807) is 11.3 Å².